The molecule has 0 saturated heterocycles. The molecule has 21 heavy (non-hydrogen) atoms. The zero-order valence-corrected chi connectivity index (χ0v) is 11.9. The van der Waals surface area contributed by atoms with Gasteiger partial charge in [0.1, 0.15) is 12.4 Å². The van der Waals surface area contributed by atoms with Crippen molar-refractivity contribution in [2.45, 2.75) is 31.3 Å². The maximum absolute atomic E-state index is 11.8. The van der Waals surface area contributed by atoms with Crippen LogP contribution in [0.3, 0.4) is 0 Å². The van der Waals surface area contributed by atoms with E-state index in [-0.39, 0.29) is 19.2 Å². The van der Waals surface area contributed by atoms with Gasteiger partial charge in [0.25, 0.3) is 0 Å². The minimum absolute atomic E-state index is 0.183. The molecule has 1 saturated carbocycles. The van der Waals surface area contributed by atoms with E-state index < -0.39 is 5.60 Å². The second-order valence-electron chi connectivity index (χ2n) is 5.26. The molecule has 1 aliphatic rings. The molecular weight excluding hydrogens is 268 g/mol. The third kappa shape index (κ3) is 4.69. The van der Waals surface area contributed by atoms with Crippen molar-refractivity contribution in [2.75, 3.05) is 18.5 Å². The van der Waals surface area contributed by atoms with Gasteiger partial charge in [-0.25, -0.2) is 4.79 Å². The van der Waals surface area contributed by atoms with E-state index in [1.807, 2.05) is 0 Å². The molecule has 3 N–H and O–H groups in total. The number of terminal acetylenes is 1. The third-order valence-electron chi connectivity index (χ3n) is 3.53. The van der Waals surface area contributed by atoms with Crippen molar-refractivity contribution in [2.24, 2.45) is 0 Å². The van der Waals surface area contributed by atoms with Crippen LogP contribution in [0.4, 0.5) is 10.5 Å². The van der Waals surface area contributed by atoms with Gasteiger partial charge in [-0.05, 0) is 25.0 Å². The van der Waals surface area contributed by atoms with E-state index in [0.29, 0.717) is 11.4 Å². The molecule has 1 aromatic rings. The average Bonchev–Trinajstić information content (AvgIpc) is 2.91. The van der Waals surface area contributed by atoms with E-state index in [1.165, 1.54) is 0 Å². The number of anilines is 1. The Morgan fingerprint density at radius 2 is 2.19 bits per heavy atom. The van der Waals surface area contributed by atoms with Crippen molar-refractivity contribution < 1.29 is 14.6 Å². The average molecular weight is 288 g/mol. The predicted octanol–water partition coefficient (Wildman–Crippen LogP) is 2.13. The Morgan fingerprint density at radius 3 is 2.90 bits per heavy atom. The van der Waals surface area contributed by atoms with Gasteiger partial charge in [-0.3, -0.25) is 0 Å². The Kier molecular flexibility index (Phi) is 5.07. The number of carbonyl (C=O) groups excluding carboxylic acids is 1. The van der Waals surface area contributed by atoms with Crippen LogP contribution < -0.4 is 15.4 Å². The fourth-order valence-corrected chi connectivity index (χ4v) is 2.42. The minimum Gasteiger partial charge on any atom is -0.481 e. The normalized spacial score (nSPS) is 16.0. The molecule has 5 nitrogen and oxygen atoms in total. The summed E-state index contributed by atoms with van der Waals surface area (Å²) < 4.78 is 5.29. The molecule has 2 rings (SSSR count). The van der Waals surface area contributed by atoms with Gasteiger partial charge in [0.05, 0.1) is 5.60 Å². The summed E-state index contributed by atoms with van der Waals surface area (Å²) in [7, 11) is 0. The molecule has 0 spiro atoms. The van der Waals surface area contributed by atoms with Crippen molar-refractivity contribution in [1.82, 2.24) is 5.32 Å². The third-order valence-corrected chi connectivity index (χ3v) is 3.53. The number of amides is 2. The molecule has 0 bridgehead atoms. The second-order valence-corrected chi connectivity index (χ2v) is 5.26. The summed E-state index contributed by atoms with van der Waals surface area (Å²) >= 11 is 0. The van der Waals surface area contributed by atoms with Crippen LogP contribution >= 0.6 is 0 Å². The molecule has 1 fully saturated rings. The first-order chi connectivity index (χ1) is 10.1. The number of benzene rings is 1. The summed E-state index contributed by atoms with van der Waals surface area (Å²) in [6.07, 6.45) is 8.62. The largest absolute Gasteiger partial charge is 0.481 e. The molecule has 0 heterocycles. The van der Waals surface area contributed by atoms with E-state index in [1.54, 1.807) is 24.3 Å². The molecule has 0 aliphatic heterocycles. The fourth-order valence-electron chi connectivity index (χ4n) is 2.42. The number of hydrogen-bond donors (Lipinski definition) is 3. The van der Waals surface area contributed by atoms with Gasteiger partial charge in [-0.2, -0.15) is 0 Å². The zero-order chi connectivity index (χ0) is 15.1. The Morgan fingerprint density at radius 1 is 1.43 bits per heavy atom. The summed E-state index contributed by atoms with van der Waals surface area (Å²) in [5, 5.41) is 15.6. The molecule has 2 amide bonds. The van der Waals surface area contributed by atoms with Gasteiger partial charge in [-0.15, -0.1) is 6.42 Å². The van der Waals surface area contributed by atoms with Crippen LogP contribution in [0.15, 0.2) is 24.3 Å². The lowest BCUT2D eigenvalue weighted by molar-refractivity contribution is 0.0506. The van der Waals surface area contributed by atoms with Crippen LogP contribution in [-0.4, -0.2) is 29.9 Å². The topological polar surface area (TPSA) is 70.6 Å². The first kappa shape index (κ1) is 15.2. The Balaban J connectivity index is 1.83. The first-order valence-corrected chi connectivity index (χ1v) is 7.05. The van der Waals surface area contributed by atoms with E-state index in [2.05, 4.69) is 16.6 Å². The highest BCUT2D eigenvalue weighted by atomic mass is 16.5. The number of hydrogen-bond acceptors (Lipinski definition) is 3. The number of ether oxygens (including phenoxy) is 1. The molecule has 0 radical (unpaired) electrons. The molecular formula is C16H20N2O3. The van der Waals surface area contributed by atoms with Gasteiger partial charge in [0, 0.05) is 18.3 Å². The quantitative estimate of drug-likeness (QED) is 0.727. The monoisotopic (exact) mass is 288 g/mol. The summed E-state index contributed by atoms with van der Waals surface area (Å²) in [6.45, 7) is 0.453. The fraction of sp³-hybridized carbons (Fsp3) is 0.438. The molecule has 5 heteroatoms. The molecule has 1 aliphatic carbocycles. The Labute approximate surface area is 124 Å². The van der Waals surface area contributed by atoms with Crippen molar-refractivity contribution in [3.8, 4) is 18.1 Å². The van der Waals surface area contributed by atoms with Crippen LogP contribution in [0.25, 0.3) is 0 Å². The summed E-state index contributed by atoms with van der Waals surface area (Å²) in [4.78, 5) is 11.8. The van der Waals surface area contributed by atoms with Crippen LogP contribution in [0.2, 0.25) is 0 Å². The highest BCUT2D eigenvalue weighted by Crippen LogP contribution is 2.28. The Bertz CT molecular complexity index is 531. The first-order valence-electron chi connectivity index (χ1n) is 7.05. The van der Waals surface area contributed by atoms with Crippen molar-refractivity contribution in [3.05, 3.63) is 24.3 Å². The van der Waals surface area contributed by atoms with Gasteiger partial charge >= 0.3 is 6.03 Å². The van der Waals surface area contributed by atoms with Gasteiger partial charge in [-0.1, -0.05) is 24.8 Å². The van der Waals surface area contributed by atoms with E-state index >= 15 is 0 Å². The van der Waals surface area contributed by atoms with Crippen LogP contribution in [0, 0.1) is 12.3 Å². The molecule has 0 aromatic heterocycles. The van der Waals surface area contributed by atoms with Crippen molar-refractivity contribution in [3.63, 3.8) is 0 Å². The molecule has 1 aromatic carbocycles. The highest BCUT2D eigenvalue weighted by Gasteiger charge is 2.31. The predicted molar refractivity (Wildman–Crippen MR) is 81.2 cm³/mol. The minimum atomic E-state index is -0.755. The maximum Gasteiger partial charge on any atom is 0.319 e. The number of nitrogens with one attached hydrogen (secondary N) is 2. The maximum atomic E-state index is 11.8. The van der Waals surface area contributed by atoms with Crippen LogP contribution in [0.1, 0.15) is 25.7 Å². The lowest BCUT2D eigenvalue weighted by Crippen LogP contribution is -2.42. The second kappa shape index (κ2) is 7.00. The van der Waals surface area contributed by atoms with Gasteiger partial charge < -0.3 is 20.5 Å². The SMILES string of the molecule is C#CCOc1cccc(NC(=O)NCC2(O)CCCC2)c1. The van der Waals surface area contributed by atoms with Crippen LogP contribution in [0.5, 0.6) is 5.75 Å². The van der Waals surface area contributed by atoms with E-state index in [9.17, 15) is 9.90 Å². The van der Waals surface area contributed by atoms with Crippen molar-refractivity contribution >= 4 is 11.7 Å². The lowest BCUT2D eigenvalue weighted by Gasteiger charge is -2.22. The van der Waals surface area contributed by atoms with Crippen LogP contribution in [-0.2, 0) is 0 Å². The molecule has 112 valence electrons. The molecule has 0 unspecified atom stereocenters. The summed E-state index contributed by atoms with van der Waals surface area (Å²) in [6, 6.07) is 6.64. The Hall–Kier alpha value is -2.19. The van der Waals surface area contributed by atoms with E-state index in [0.717, 1.165) is 25.7 Å². The number of urea groups is 1. The zero-order valence-electron chi connectivity index (χ0n) is 11.9. The van der Waals surface area contributed by atoms with Crippen molar-refractivity contribution in [1.29, 1.82) is 0 Å². The summed E-state index contributed by atoms with van der Waals surface area (Å²) in [5.74, 6) is 2.98. The number of aliphatic hydroxyl groups is 1. The van der Waals surface area contributed by atoms with Gasteiger partial charge in [0.2, 0.25) is 0 Å². The lowest BCUT2D eigenvalue weighted by atomic mass is 10.0. The highest BCUT2D eigenvalue weighted by molar-refractivity contribution is 5.89. The summed E-state index contributed by atoms with van der Waals surface area (Å²) in [5.41, 5.74) is -0.143. The van der Waals surface area contributed by atoms with Gasteiger partial charge in [0.15, 0.2) is 0 Å². The molecule has 0 atom stereocenters. The standard InChI is InChI=1S/C16H20N2O3/c1-2-10-21-14-7-5-6-13(11-14)18-15(19)17-12-16(20)8-3-4-9-16/h1,5-7,11,20H,3-4,8-10,12H2,(H2,17,18,19). The number of rotatable bonds is 5. The number of carbonyl (C=O) groups is 1. The van der Waals surface area contributed by atoms with E-state index in [4.69, 9.17) is 11.2 Å². The smallest absolute Gasteiger partial charge is 0.319 e.